The highest BCUT2D eigenvalue weighted by atomic mass is 19.4. The van der Waals surface area contributed by atoms with Crippen LogP contribution in [0.25, 0.3) is 22.6 Å². The van der Waals surface area contributed by atoms with Gasteiger partial charge in [-0.2, -0.15) is 13.2 Å². The number of methoxy groups -OCH3 is 1. The van der Waals surface area contributed by atoms with E-state index in [-0.39, 0.29) is 0 Å². The molecule has 7 heteroatoms. The molecule has 0 amide bonds. The van der Waals surface area contributed by atoms with E-state index in [4.69, 9.17) is 10.3 Å². The van der Waals surface area contributed by atoms with Crippen LogP contribution in [0, 0.1) is 0 Å². The Morgan fingerprint density at radius 2 is 1.78 bits per heavy atom. The van der Waals surface area contributed by atoms with Gasteiger partial charge in [0, 0.05) is 10.6 Å². The highest BCUT2D eigenvalue weighted by molar-refractivity contribution is 5.76. The van der Waals surface area contributed by atoms with Crippen molar-refractivity contribution in [3.63, 3.8) is 0 Å². The van der Waals surface area contributed by atoms with Gasteiger partial charge in [-0.1, -0.05) is 29.4 Å². The van der Waals surface area contributed by atoms with Crippen LogP contribution < -0.4 is 4.74 Å². The largest absolute Gasteiger partial charge is 0.497 e. The minimum absolute atomic E-state index is 0.400. The number of azide groups is 1. The first-order chi connectivity index (χ1) is 10.9. The number of hydrogen-bond donors (Lipinski definition) is 0. The summed E-state index contributed by atoms with van der Waals surface area (Å²) in [4.78, 5) is 2.74. The third kappa shape index (κ3) is 4.28. The quantitative estimate of drug-likeness (QED) is 0.303. The first-order valence-electron chi connectivity index (χ1n) is 6.52. The van der Waals surface area contributed by atoms with Gasteiger partial charge in [0.1, 0.15) is 5.75 Å². The van der Waals surface area contributed by atoms with Gasteiger partial charge in [-0.05, 0) is 47.0 Å². The van der Waals surface area contributed by atoms with Gasteiger partial charge in [-0.15, -0.1) is 0 Å². The Hall–Kier alpha value is -2.92. The highest BCUT2D eigenvalue weighted by Crippen LogP contribution is 2.30. The van der Waals surface area contributed by atoms with Crippen molar-refractivity contribution in [3.8, 4) is 5.75 Å². The first kappa shape index (κ1) is 16.5. The molecule has 0 atom stereocenters. The molecular weight excluding hydrogens is 307 g/mol. The Balaban J connectivity index is 2.30. The second-order valence-electron chi connectivity index (χ2n) is 4.57. The Kier molecular flexibility index (Phi) is 4.93. The molecule has 2 aromatic rings. The molecular formula is C16H12F3N3O. The number of halogens is 3. The maximum absolute atomic E-state index is 12.5. The number of hydrogen-bond acceptors (Lipinski definition) is 2. The van der Waals surface area contributed by atoms with E-state index < -0.39 is 11.7 Å². The summed E-state index contributed by atoms with van der Waals surface area (Å²) in [5.41, 5.74) is 9.45. The topological polar surface area (TPSA) is 58.0 Å². The van der Waals surface area contributed by atoms with Crippen LogP contribution in [0.5, 0.6) is 5.75 Å². The Morgan fingerprint density at radius 1 is 1.09 bits per heavy atom. The third-order valence-corrected chi connectivity index (χ3v) is 3.08. The van der Waals surface area contributed by atoms with Gasteiger partial charge in [-0.3, -0.25) is 0 Å². The lowest BCUT2D eigenvalue weighted by Gasteiger charge is -2.06. The summed E-state index contributed by atoms with van der Waals surface area (Å²) in [7, 11) is 1.51. The molecule has 0 heterocycles. The number of ether oxygens (including phenoxy) is 1. The summed E-state index contributed by atoms with van der Waals surface area (Å²) in [5.74, 6) is 0.578. The maximum Gasteiger partial charge on any atom is 0.416 e. The van der Waals surface area contributed by atoms with Gasteiger partial charge in [0.2, 0.25) is 0 Å². The molecule has 0 aliphatic rings. The fraction of sp³-hybridized carbons (Fsp3) is 0.125. The van der Waals surface area contributed by atoms with Crippen molar-refractivity contribution in [2.45, 2.75) is 6.18 Å². The molecule has 0 aliphatic heterocycles. The molecule has 0 spiro atoms. The first-order valence-corrected chi connectivity index (χ1v) is 6.52. The van der Waals surface area contributed by atoms with Crippen LogP contribution in [0.1, 0.15) is 16.7 Å². The van der Waals surface area contributed by atoms with E-state index in [1.807, 2.05) is 0 Å². The Labute approximate surface area is 130 Å². The number of alkyl halides is 3. The Bertz CT molecular complexity index is 761. The average Bonchev–Trinajstić information content (AvgIpc) is 2.53. The van der Waals surface area contributed by atoms with Crippen molar-refractivity contribution in [2.75, 3.05) is 7.11 Å². The normalized spacial score (nSPS) is 11.3. The zero-order valence-corrected chi connectivity index (χ0v) is 12.1. The van der Waals surface area contributed by atoms with Gasteiger partial charge < -0.3 is 4.74 Å². The molecule has 0 N–H and O–H groups in total. The maximum atomic E-state index is 12.5. The van der Waals surface area contributed by atoms with E-state index in [0.29, 0.717) is 22.6 Å². The van der Waals surface area contributed by atoms with Crippen molar-refractivity contribution in [1.82, 2.24) is 0 Å². The van der Waals surface area contributed by atoms with Crippen LogP contribution in [-0.2, 0) is 6.18 Å². The Morgan fingerprint density at radius 3 is 2.35 bits per heavy atom. The zero-order chi connectivity index (χ0) is 16.9. The molecule has 0 bridgehead atoms. The molecule has 0 fully saturated rings. The molecule has 0 saturated carbocycles. The predicted octanol–water partition coefficient (Wildman–Crippen LogP) is 5.83. The zero-order valence-electron chi connectivity index (χ0n) is 12.1. The van der Waals surface area contributed by atoms with Crippen molar-refractivity contribution < 1.29 is 17.9 Å². The van der Waals surface area contributed by atoms with Crippen LogP contribution in [0.2, 0.25) is 0 Å². The molecule has 0 unspecified atom stereocenters. The molecule has 23 heavy (non-hydrogen) atoms. The third-order valence-electron chi connectivity index (χ3n) is 3.08. The molecule has 0 saturated heterocycles. The van der Waals surface area contributed by atoms with E-state index in [2.05, 4.69) is 10.0 Å². The van der Waals surface area contributed by atoms with Gasteiger partial charge in [-0.25, -0.2) is 0 Å². The lowest BCUT2D eigenvalue weighted by Crippen LogP contribution is -2.03. The van der Waals surface area contributed by atoms with Gasteiger partial charge >= 0.3 is 6.18 Å². The smallest absolute Gasteiger partial charge is 0.416 e. The summed E-state index contributed by atoms with van der Waals surface area (Å²) in [6.07, 6.45) is -1.08. The predicted molar refractivity (Wildman–Crippen MR) is 82.2 cm³/mol. The standard InChI is InChI=1S/C16H12F3N3O/c1-23-14-8-9-15(21-22-20)12(10-14)5-2-11-3-6-13(7-4-11)16(17,18)19/h2-10H,1H3/b5-2+. The van der Waals surface area contributed by atoms with Crippen LogP contribution >= 0.6 is 0 Å². The van der Waals surface area contributed by atoms with E-state index >= 15 is 0 Å². The molecule has 2 aromatic carbocycles. The van der Waals surface area contributed by atoms with Crippen molar-refractivity contribution in [1.29, 1.82) is 0 Å². The van der Waals surface area contributed by atoms with Crippen LogP contribution in [-0.4, -0.2) is 7.11 Å². The molecule has 0 aliphatic carbocycles. The van der Waals surface area contributed by atoms with Crippen LogP contribution in [0.3, 0.4) is 0 Å². The number of nitrogens with zero attached hydrogens (tertiary/aromatic N) is 3. The summed E-state index contributed by atoms with van der Waals surface area (Å²) < 4.78 is 42.6. The van der Waals surface area contributed by atoms with Gasteiger partial charge in [0.25, 0.3) is 0 Å². The monoisotopic (exact) mass is 319 g/mol. The fourth-order valence-corrected chi connectivity index (χ4v) is 1.90. The second-order valence-corrected chi connectivity index (χ2v) is 4.57. The van der Waals surface area contributed by atoms with Gasteiger partial charge in [0.15, 0.2) is 0 Å². The van der Waals surface area contributed by atoms with E-state index in [1.54, 1.807) is 30.4 Å². The summed E-state index contributed by atoms with van der Waals surface area (Å²) in [5, 5.41) is 3.57. The summed E-state index contributed by atoms with van der Waals surface area (Å²) >= 11 is 0. The van der Waals surface area contributed by atoms with E-state index in [0.717, 1.165) is 12.1 Å². The lowest BCUT2D eigenvalue weighted by molar-refractivity contribution is -0.137. The second kappa shape index (κ2) is 6.89. The van der Waals surface area contributed by atoms with Crippen LogP contribution in [0.15, 0.2) is 47.6 Å². The van der Waals surface area contributed by atoms with E-state index in [9.17, 15) is 13.2 Å². The van der Waals surface area contributed by atoms with Crippen molar-refractivity contribution in [2.24, 2.45) is 5.11 Å². The molecule has 118 valence electrons. The highest BCUT2D eigenvalue weighted by Gasteiger charge is 2.29. The minimum atomic E-state index is -4.36. The lowest BCUT2D eigenvalue weighted by atomic mass is 10.1. The fourth-order valence-electron chi connectivity index (χ4n) is 1.90. The summed E-state index contributed by atoms with van der Waals surface area (Å²) in [6.45, 7) is 0. The molecule has 0 radical (unpaired) electrons. The molecule has 0 aromatic heterocycles. The summed E-state index contributed by atoms with van der Waals surface area (Å²) in [6, 6.07) is 9.69. The SMILES string of the molecule is COc1ccc(N=[N+]=[N-])c(/C=C/c2ccc(C(F)(F)F)cc2)c1. The molecule has 4 nitrogen and oxygen atoms in total. The minimum Gasteiger partial charge on any atom is -0.497 e. The van der Waals surface area contributed by atoms with Gasteiger partial charge in [0.05, 0.1) is 12.7 Å². The van der Waals surface area contributed by atoms with Crippen molar-refractivity contribution in [3.05, 3.63) is 69.6 Å². The number of rotatable bonds is 4. The van der Waals surface area contributed by atoms with Crippen molar-refractivity contribution >= 4 is 17.8 Å². The number of benzene rings is 2. The average molecular weight is 319 g/mol. The van der Waals surface area contributed by atoms with Crippen LogP contribution in [0.4, 0.5) is 18.9 Å². The molecule has 2 rings (SSSR count). The van der Waals surface area contributed by atoms with E-state index in [1.165, 1.54) is 19.2 Å².